The second kappa shape index (κ2) is 5.19. The van der Waals surface area contributed by atoms with Crippen molar-refractivity contribution in [3.05, 3.63) is 52.3 Å². The number of alkyl halides is 1. The largest absolute Gasteiger partial charge is 0.497 e. The molecule has 1 N–H and O–H groups in total. The molecule has 2 rings (SSSR count). The molecule has 0 bridgehead atoms. The van der Waals surface area contributed by atoms with Crippen LogP contribution in [0, 0.1) is 0 Å². The van der Waals surface area contributed by atoms with E-state index in [0.29, 0.717) is 5.33 Å². The molecule has 0 unspecified atom stereocenters. The van der Waals surface area contributed by atoms with Crippen LogP contribution in [0.3, 0.4) is 0 Å². The lowest BCUT2D eigenvalue weighted by atomic mass is 10.1. The molecule has 0 spiro atoms. The summed E-state index contributed by atoms with van der Waals surface area (Å²) < 4.78 is 5.09. The van der Waals surface area contributed by atoms with Crippen LogP contribution in [0.4, 0.5) is 0 Å². The molecule has 0 aliphatic heterocycles. The molecule has 1 aromatic carbocycles. The first-order valence-corrected chi connectivity index (χ1v) is 6.29. The Bertz CT molecular complexity index is 560. The lowest BCUT2D eigenvalue weighted by Crippen LogP contribution is -2.11. The Morgan fingerprint density at radius 2 is 1.88 bits per heavy atom. The van der Waals surface area contributed by atoms with E-state index in [9.17, 15) is 4.79 Å². The Balaban J connectivity index is 2.39. The highest BCUT2D eigenvalue weighted by molar-refractivity contribution is 9.08. The number of ether oxygens (including phenoxy) is 1. The van der Waals surface area contributed by atoms with E-state index in [4.69, 9.17) is 4.74 Å². The minimum Gasteiger partial charge on any atom is -0.497 e. The van der Waals surface area contributed by atoms with Crippen LogP contribution in [0.2, 0.25) is 0 Å². The first-order chi connectivity index (χ1) is 8.24. The number of rotatable bonds is 3. The molecule has 2 aromatic rings. The van der Waals surface area contributed by atoms with Crippen LogP contribution < -0.4 is 10.3 Å². The quantitative estimate of drug-likeness (QED) is 0.884. The van der Waals surface area contributed by atoms with Gasteiger partial charge in [-0.3, -0.25) is 4.79 Å². The molecule has 0 radical (unpaired) electrons. The van der Waals surface area contributed by atoms with Crippen molar-refractivity contribution in [1.82, 2.24) is 4.98 Å². The lowest BCUT2D eigenvalue weighted by Gasteiger charge is -2.04. The number of hydrogen-bond acceptors (Lipinski definition) is 2. The van der Waals surface area contributed by atoms with E-state index in [2.05, 4.69) is 20.9 Å². The number of halogens is 1. The van der Waals surface area contributed by atoms with Crippen LogP contribution in [-0.2, 0) is 5.33 Å². The topological polar surface area (TPSA) is 42.1 Å². The van der Waals surface area contributed by atoms with Gasteiger partial charge in [0, 0.05) is 16.6 Å². The molecule has 0 aliphatic rings. The summed E-state index contributed by atoms with van der Waals surface area (Å²) in [5.41, 5.74) is 2.43. The van der Waals surface area contributed by atoms with Gasteiger partial charge in [-0.2, -0.15) is 0 Å². The average Bonchev–Trinajstić information content (AvgIpc) is 2.39. The van der Waals surface area contributed by atoms with Crippen LogP contribution >= 0.6 is 15.9 Å². The Morgan fingerprint density at radius 1 is 1.18 bits per heavy atom. The summed E-state index contributed by atoms with van der Waals surface area (Å²) in [6, 6.07) is 11.3. The maximum absolute atomic E-state index is 11.7. The number of H-pyrrole nitrogens is 1. The van der Waals surface area contributed by atoms with Gasteiger partial charge in [-0.15, -0.1) is 0 Å². The highest BCUT2D eigenvalue weighted by atomic mass is 79.9. The summed E-state index contributed by atoms with van der Waals surface area (Å²) in [5, 5.41) is 0.561. The van der Waals surface area contributed by atoms with E-state index in [1.54, 1.807) is 7.11 Å². The van der Waals surface area contributed by atoms with E-state index in [0.717, 1.165) is 22.6 Å². The molecule has 3 nitrogen and oxygen atoms in total. The van der Waals surface area contributed by atoms with E-state index < -0.39 is 0 Å². The first kappa shape index (κ1) is 11.9. The molecule has 88 valence electrons. The van der Waals surface area contributed by atoms with E-state index in [-0.39, 0.29) is 5.56 Å². The predicted molar refractivity (Wildman–Crippen MR) is 71.7 cm³/mol. The number of benzene rings is 1. The second-order valence-electron chi connectivity index (χ2n) is 3.59. The van der Waals surface area contributed by atoms with Gasteiger partial charge in [0.2, 0.25) is 0 Å². The van der Waals surface area contributed by atoms with Gasteiger partial charge < -0.3 is 9.72 Å². The molecule has 0 aliphatic carbocycles. The highest BCUT2D eigenvalue weighted by Gasteiger charge is 2.02. The van der Waals surface area contributed by atoms with Crippen LogP contribution in [-0.4, -0.2) is 12.1 Å². The highest BCUT2D eigenvalue weighted by Crippen LogP contribution is 2.19. The monoisotopic (exact) mass is 293 g/mol. The molecular weight excluding hydrogens is 282 g/mol. The number of hydrogen-bond donors (Lipinski definition) is 1. The minimum atomic E-state index is -0.0600. The summed E-state index contributed by atoms with van der Waals surface area (Å²) in [6.45, 7) is 0. The van der Waals surface area contributed by atoms with Crippen LogP contribution in [0.5, 0.6) is 5.75 Å². The van der Waals surface area contributed by atoms with Gasteiger partial charge in [-0.25, -0.2) is 0 Å². The zero-order valence-corrected chi connectivity index (χ0v) is 11.0. The van der Waals surface area contributed by atoms with Gasteiger partial charge in [0.05, 0.1) is 7.11 Å². The summed E-state index contributed by atoms with van der Waals surface area (Å²) >= 11 is 3.27. The minimum absolute atomic E-state index is 0.0600. The Hall–Kier alpha value is -1.55. The SMILES string of the molecule is COc1ccc(-c2ccc(CBr)c(=O)[nH]2)cc1. The molecule has 0 fully saturated rings. The summed E-state index contributed by atoms with van der Waals surface area (Å²) in [5.74, 6) is 0.799. The van der Waals surface area contributed by atoms with Crippen molar-refractivity contribution in [1.29, 1.82) is 0 Å². The third-order valence-electron chi connectivity index (χ3n) is 2.54. The predicted octanol–water partition coefficient (Wildman–Crippen LogP) is 2.95. The molecule has 17 heavy (non-hydrogen) atoms. The number of nitrogens with one attached hydrogen (secondary N) is 1. The molecular formula is C13H12BrNO2. The Kier molecular flexibility index (Phi) is 3.64. The molecule has 0 amide bonds. The third-order valence-corrected chi connectivity index (χ3v) is 3.14. The van der Waals surface area contributed by atoms with Crippen molar-refractivity contribution in [3.63, 3.8) is 0 Å². The number of aromatic amines is 1. The molecule has 0 atom stereocenters. The maximum atomic E-state index is 11.7. The molecule has 0 saturated carbocycles. The zero-order chi connectivity index (χ0) is 12.3. The standard InChI is InChI=1S/C13H12BrNO2/c1-17-11-5-2-9(3-6-11)12-7-4-10(8-14)13(16)15-12/h2-7H,8H2,1H3,(H,15,16). The lowest BCUT2D eigenvalue weighted by molar-refractivity contribution is 0.415. The number of methoxy groups -OCH3 is 1. The van der Waals surface area contributed by atoms with Crippen molar-refractivity contribution in [2.45, 2.75) is 5.33 Å². The van der Waals surface area contributed by atoms with E-state index >= 15 is 0 Å². The van der Waals surface area contributed by atoms with Crippen molar-refractivity contribution < 1.29 is 4.74 Å². The van der Waals surface area contributed by atoms with Gasteiger partial charge >= 0.3 is 0 Å². The summed E-state index contributed by atoms with van der Waals surface area (Å²) in [7, 11) is 1.63. The Labute approximate surface area is 108 Å². The van der Waals surface area contributed by atoms with E-state index in [1.165, 1.54) is 0 Å². The second-order valence-corrected chi connectivity index (χ2v) is 4.15. The van der Waals surface area contributed by atoms with Gasteiger partial charge in [-0.1, -0.05) is 22.0 Å². The third kappa shape index (κ3) is 2.58. The van der Waals surface area contributed by atoms with Crippen molar-refractivity contribution in [2.75, 3.05) is 7.11 Å². The summed E-state index contributed by atoms with van der Waals surface area (Å²) in [6.07, 6.45) is 0. The smallest absolute Gasteiger partial charge is 0.252 e. The van der Waals surface area contributed by atoms with Gasteiger partial charge in [0.25, 0.3) is 5.56 Å². The maximum Gasteiger partial charge on any atom is 0.252 e. The van der Waals surface area contributed by atoms with Crippen LogP contribution in [0.25, 0.3) is 11.3 Å². The fourth-order valence-electron chi connectivity index (χ4n) is 1.55. The number of pyridine rings is 1. The van der Waals surface area contributed by atoms with E-state index in [1.807, 2.05) is 36.4 Å². The van der Waals surface area contributed by atoms with Crippen LogP contribution in [0.1, 0.15) is 5.56 Å². The molecule has 0 saturated heterocycles. The molecule has 1 heterocycles. The summed E-state index contributed by atoms with van der Waals surface area (Å²) in [4.78, 5) is 14.5. The molecule has 4 heteroatoms. The van der Waals surface area contributed by atoms with Crippen LogP contribution in [0.15, 0.2) is 41.2 Å². The van der Waals surface area contributed by atoms with Crippen molar-refractivity contribution in [3.8, 4) is 17.0 Å². The van der Waals surface area contributed by atoms with Crippen molar-refractivity contribution in [2.24, 2.45) is 0 Å². The van der Waals surface area contributed by atoms with Gasteiger partial charge in [0.1, 0.15) is 5.75 Å². The molecule has 1 aromatic heterocycles. The number of aromatic nitrogens is 1. The normalized spacial score (nSPS) is 10.2. The fourth-order valence-corrected chi connectivity index (χ4v) is 1.99. The first-order valence-electron chi connectivity index (χ1n) is 5.17. The zero-order valence-electron chi connectivity index (χ0n) is 9.37. The van der Waals surface area contributed by atoms with Gasteiger partial charge in [-0.05, 0) is 35.9 Å². The Morgan fingerprint density at radius 3 is 2.41 bits per heavy atom. The van der Waals surface area contributed by atoms with Gasteiger partial charge in [0.15, 0.2) is 0 Å². The fraction of sp³-hybridized carbons (Fsp3) is 0.154. The van der Waals surface area contributed by atoms with Crippen molar-refractivity contribution >= 4 is 15.9 Å². The average molecular weight is 294 g/mol.